The molecule has 3 unspecified atom stereocenters. The first-order valence-corrected chi connectivity index (χ1v) is 5.42. The lowest BCUT2D eigenvalue weighted by Gasteiger charge is -2.29. The monoisotopic (exact) mass is 187 g/mol. The highest BCUT2D eigenvalue weighted by atomic mass is 16.3. The van der Waals surface area contributed by atoms with Crippen molar-refractivity contribution >= 4 is 0 Å². The molecular formula is C11H25NO. The van der Waals surface area contributed by atoms with Crippen molar-refractivity contribution in [1.29, 1.82) is 0 Å². The Morgan fingerprint density at radius 1 is 1.23 bits per heavy atom. The second-order valence-corrected chi connectivity index (χ2v) is 4.40. The lowest BCUT2D eigenvalue weighted by atomic mass is 9.82. The minimum atomic E-state index is -0.232. The highest BCUT2D eigenvalue weighted by Gasteiger charge is 2.25. The van der Waals surface area contributed by atoms with Gasteiger partial charge in [0.2, 0.25) is 0 Å². The summed E-state index contributed by atoms with van der Waals surface area (Å²) in [5.41, 5.74) is 5.65. The molecule has 0 amide bonds. The van der Waals surface area contributed by atoms with Crippen LogP contribution in [0.2, 0.25) is 0 Å². The zero-order valence-electron chi connectivity index (χ0n) is 9.46. The maximum absolute atomic E-state index is 10.00. The molecule has 2 heteroatoms. The molecule has 2 nitrogen and oxygen atoms in total. The fourth-order valence-electron chi connectivity index (χ4n) is 1.85. The zero-order chi connectivity index (χ0) is 10.4. The van der Waals surface area contributed by atoms with Gasteiger partial charge in [-0.15, -0.1) is 0 Å². The van der Waals surface area contributed by atoms with Gasteiger partial charge < -0.3 is 10.8 Å². The Hall–Kier alpha value is -0.0800. The predicted molar refractivity (Wildman–Crippen MR) is 57.5 cm³/mol. The van der Waals surface area contributed by atoms with E-state index in [0.717, 1.165) is 12.8 Å². The summed E-state index contributed by atoms with van der Waals surface area (Å²) < 4.78 is 0. The maximum atomic E-state index is 10.00. The average Bonchev–Trinajstić information content (AvgIpc) is 2.05. The van der Waals surface area contributed by atoms with Gasteiger partial charge in [0, 0.05) is 0 Å². The molecule has 0 heterocycles. The van der Waals surface area contributed by atoms with Crippen LogP contribution in [0.1, 0.15) is 40.5 Å². The molecule has 0 aliphatic heterocycles. The first kappa shape index (κ1) is 12.9. The largest absolute Gasteiger partial charge is 0.393 e. The Labute approximate surface area is 82.5 Å². The quantitative estimate of drug-likeness (QED) is 0.668. The minimum Gasteiger partial charge on any atom is -0.393 e. The van der Waals surface area contributed by atoms with Crippen molar-refractivity contribution in [2.45, 2.75) is 46.6 Å². The van der Waals surface area contributed by atoms with Gasteiger partial charge in [0.25, 0.3) is 0 Å². The number of nitrogens with two attached hydrogens (primary N) is 1. The van der Waals surface area contributed by atoms with Crippen LogP contribution in [0.4, 0.5) is 0 Å². The molecule has 0 aliphatic carbocycles. The Bertz CT molecular complexity index is 125. The molecule has 0 saturated carbocycles. The summed E-state index contributed by atoms with van der Waals surface area (Å²) in [4.78, 5) is 0. The molecule has 3 atom stereocenters. The van der Waals surface area contributed by atoms with E-state index in [2.05, 4.69) is 27.7 Å². The highest BCUT2D eigenvalue weighted by Crippen LogP contribution is 2.22. The van der Waals surface area contributed by atoms with Crippen LogP contribution in [-0.2, 0) is 0 Å². The van der Waals surface area contributed by atoms with Crippen molar-refractivity contribution in [3.05, 3.63) is 0 Å². The van der Waals surface area contributed by atoms with E-state index in [9.17, 15) is 5.11 Å². The van der Waals surface area contributed by atoms with E-state index in [1.165, 1.54) is 0 Å². The molecule has 0 radical (unpaired) electrons. The molecule has 0 aromatic carbocycles. The van der Waals surface area contributed by atoms with E-state index in [1.807, 2.05) is 0 Å². The number of aliphatic hydroxyl groups excluding tert-OH is 1. The molecule has 80 valence electrons. The molecule has 0 aromatic heterocycles. The fourth-order valence-corrected chi connectivity index (χ4v) is 1.85. The van der Waals surface area contributed by atoms with Gasteiger partial charge in [-0.1, -0.05) is 34.1 Å². The van der Waals surface area contributed by atoms with Gasteiger partial charge >= 0.3 is 0 Å². The summed E-state index contributed by atoms with van der Waals surface area (Å²) in [7, 11) is 0. The fraction of sp³-hybridized carbons (Fsp3) is 1.00. The standard InChI is InChI=1S/C11H25NO/c1-5-6-9(4)11(13)10(7-12)8(2)3/h8-11,13H,5-7,12H2,1-4H3. The van der Waals surface area contributed by atoms with Crippen LogP contribution < -0.4 is 5.73 Å². The van der Waals surface area contributed by atoms with Crippen LogP contribution in [0, 0.1) is 17.8 Å². The van der Waals surface area contributed by atoms with Crippen molar-refractivity contribution in [1.82, 2.24) is 0 Å². The van der Waals surface area contributed by atoms with Gasteiger partial charge in [0.15, 0.2) is 0 Å². The van der Waals surface area contributed by atoms with E-state index in [1.54, 1.807) is 0 Å². The maximum Gasteiger partial charge on any atom is 0.0608 e. The van der Waals surface area contributed by atoms with Crippen LogP contribution in [0.5, 0.6) is 0 Å². The van der Waals surface area contributed by atoms with E-state index in [-0.39, 0.29) is 12.0 Å². The second kappa shape index (κ2) is 6.39. The summed E-state index contributed by atoms with van der Waals surface area (Å²) in [5, 5.41) is 10.00. The van der Waals surface area contributed by atoms with Crippen molar-refractivity contribution < 1.29 is 5.11 Å². The van der Waals surface area contributed by atoms with Crippen molar-refractivity contribution in [3.63, 3.8) is 0 Å². The Kier molecular flexibility index (Phi) is 6.35. The average molecular weight is 187 g/mol. The van der Waals surface area contributed by atoms with Gasteiger partial charge in [0.1, 0.15) is 0 Å². The van der Waals surface area contributed by atoms with Crippen LogP contribution in [-0.4, -0.2) is 17.8 Å². The summed E-state index contributed by atoms with van der Waals surface area (Å²) in [6.45, 7) is 9.10. The summed E-state index contributed by atoms with van der Waals surface area (Å²) >= 11 is 0. The lowest BCUT2D eigenvalue weighted by Crippen LogP contribution is -2.36. The van der Waals surface area contributed by atoms with Crippen molar-refractivity contribution in [2.75, 3.05) is 6.54 Å². The SMILES string of the molecule is CCCC(C)C(O)C(CN)C(C)C. The molecule has 0 aliphatic rings. The Balaban J connectivity index is 4.10. The predicted octanol–water partition coefficient (Wildman–Crippen LogP) is 2.01. The van der Waals surface area contributed by atoms with Gasteiger partial charge in [0.05, 0.1) is 6.10 Å². The van der Waals surface area contributed by atoms with Gasteiger partial charge in [-0.3, -0.25) is 0 Å². The number of hydrogen-bond acceptors (Lipinski definition) is 2. The van der Waals surface area contributed by atoms with Crippen molar-refractivity contribution in [2.24, 2.45) is 23.5 Å². The number of hydrogen-bond donors (Lipinski definition) is 2. The lowest BCUT2D eigenvalue weighted by molar-refractivity contribution is 0.0368. The van der Waals surface area contributed by atoms with Gasteiger partial charge in [-0.05, 0) is 30.7 Å². The number of rotatable bonds is 6. The summed E-state index contributed by atoms with van der Waals surface area (Å²) in [6, 6.07) is 0. The van der Waals surface area contributed by atoms with Crippen molar-refractivity contribution in [3.8, 4) is 0 Å². The van der Waals surface area contributed by atoms with Crippen LogP contribution >= 0.6 is 0 Å². The van der Waals surface area contributed by atoms with Crippen LogP contribution in [0.25, 0.3) is 0 Å². The Morgan fingerprint density at radius 2 is 1.77 bits per heavy atom. The third-order valence-corrected chi connectivity index (χ3v) is 2.89. The number of aliphatic hydroxyl groups is 1. The highest BCUT2D eigenvalue weighted by molar-refractivity contribution is 4.76. The molecule has 0 rings (SSSR count). The third-order valence-electron chi connectivity index (χ3n) is 2.89. The van der Waals surface area contributed by atoms with E-state index in [0.29, 0.717) is 18.4 Å². The molecule has 0 fully saturated rings. The normalized spacial score (nSPS) is 18.7. The summed E-state index contributed by atoms with van der Waals surface area (Å²) in [5.74, 6) is 1.10. The van der Waals surface area contributed by atoms with E-state index >= 15 is 0 Å². The van der Waals surface area contributed by atoms with Crippen LogP contribution in [0.3, 0.4) is 0 Å². The van der Waals surface area contributed by atoms with E-state index in [4.69, 9.17) is 5.73 Å². The van der Waals surface area contributed by atoms with Crippen LogP contribution in [0.15, 0.2) is 0 Å². The zero-order valence-corrected chi connectivity index (χ0v) is 9.46. The minimum absolute atomic E-state index is 0.232. The summed E-state index contributed by atoms with van der Waals surface area (Å²) in [6.07, 6.45) is 1.99. The van der Waals surface area contributed by atoms with Gasteiger partial charge in [-0.2, -0.15) is 0 Å². The molecular weight excluding hydrogens is 162 g/mol. The first-order chi connectivity index (χ1) is 6.04. The molecule has 3 N–H and O–H groups in total. The van der Waals surface area contributed by atoms with Gasteiger partial charge in [-0.25, -0.2) is 0 Å². The molecule has 13 heavy (non-hydrogen) atoms. The molecule has 0 spiro atoms. The first-order valence-electron chi connectivity index (χ1n) is 5.42. The smallest absolute Gasteiger partial charge is 0.0608 e. The third kappa shape index (κ3) is 4.10. The topological polar surface area (TPSA) is 46.2 Å². The molecule has 0 saturated heterocycles. The second-order valence-electron chi connectivity index (χ2n) is 4.40. The Morgan fingerprint density at radius 3 is 2.08 bits per heavy atom. The van der Waals surface area contributed by atoms with E-state index < -0.39 is 0 Å². The molecule has 0 aromatic rings. The molecule has 0 bridgehead atoms.